The fourth-order valence-electron chi connectivity index (χ4n) is 6.97. The average Bonchev–Trinajstić information content (AvgIpc) is 3.74. The maximum Gasteiger partial charge on any atom is 0.338 e. The minimum absolute atomic E-state index is 0.0257. The molecule has 3 aromatic carbocycles. The summed E-state index contributed by atoms with van der Waals surface area (Å²) in [6.07, 6.45) is 8.61. The van der Waals surface area contributed by atoms with E-state index < -0.39 is 0 Å². The molecule has 0 spiro atoms. The molecule has 0 amide bonds. The van der Waals surface area contributed by atoms with E-state index in [4.69, 9.17) is 4.74 Å². The van der Waals surface area contributed by atoms with Crippen LogP contribution < -0.4 is 5.56 Å². The molecule has 6 rings (SSSR count). The van der Waals surface area contributed by atoms with E-state index in [1.54, 1.807) is 0 Å². The van der Waals surface area contributed by atoms with Crippen LogP contribution in [0.3, 0.4) is 0 Å². The minimum atomic E-state index is -0.297. The number of carbonyl (C=O) groups excluding carboxylic acids is 1. The number of nitrogens with one attached hydrogen (secondary N) is 1. The zero-order chi connectivity index (χ0) is 32.0. The van der Waals surface area contributed by atoms with E-state index in [9.17, 15) is 9.59 Å². The summed E-state index contributed by atoms with van der Waals surface area (Å²) in [5.41, 5.74) is 6.50. The summed E-state index contributed by atoms with van der Waals surface area (Å²) in [5, 5.41) is 14.4. The average molecular weight is 619 g/mol. The van der Waals surface area contributed by atoms with E-state index in [1.807, 2.05) is 48.0 Å². The van der Waals surface area contributed by atoms with Crippen molar-refractivity contribution < 1.29 is 9.53 Å². The predicted octanol–water partition coefficient (Wildman–Crippen LogP) is 7.52. The standard InChI is InChI=1S/C37H42N6O3/c1-4-6-7-14-31(30-13-9-11-16-33(30)37(45)46-5-2)34-22-17-25(3)42-24-28(36(44)43(34)42)23-26-18-20-27(21-19-26)29-12-8-10-15-32(29)35-38-40-41-39-35/h8-13,15-16,18-21,24-25,31,34H,4-7,14,17,22-23H2,1-3H3,(H,38,39,40,41). The molecule has 0 saturated heterocycles. The van der Waals surface area contributed by atoms with Gasteiger partial charge in [-0.1, -0.05) is 92.9 Å². The van der Waals surface area contributed by atoms with Gasteiger partial charge in [0.25, 0.3) is 5.56 Å². The third-order valence-corrected chi connectivity index (χ3v) is 9.29. The number of benzene rings is 3. The molecular formula is C37H42N6O3. The number of H-pyrrole nitrogens is 1. The zero-order valence-corrected chi connectivity index (χ0v) is 26.9. The number of ether oxygens (including phenoxy) is 1. The van der Waals surface area contributed by atoms with Crippen LogP contribution in [-0.4, -0.2) is 42.6 Å². The molecule has 0 radical (unpaired) electrons. The highest BCUT2D eigenvalue weighted by atomic mass is 16.5. The lowest BCUT2D eigenvalue weighted by atomic mass is 9.81. The van der Waals surface area contributed by atoms with Crippen LogP contribution in [0.15, 0.2) is 83.8 Å². The van der Waals surface area contributed by atoms with Crippen LogP contribution in [-0.2, 0) is 11.2 Å². The normalized spacial score (nSPS) is 16.6. The number of aromatic amines is 1. The van der Waals surface area contributed by atoms with Crippen molar-refractivity contribution in [1.29, 1.82) is 0 Å². The summed E-state index contributed by atoms with van der Waals surface area (Å²) in [4.78, 5) is 27.3. The van der Waals surface area contributed by atoms with E-state index >= 15 is 0 Å². The summed E-state index contributed by atoms with van der Waals surface area (Å²) in [7, 11) is 0. The topological polar surface area (TPSA) is 108 Å². The lowest BCUT2D eigenvalue weighted by molar-refractivity contribution is 0.0523. The Balaban J connectivity index is 1.32. The van der Waals surface area contributed by atoms with Gasteiger partial charge in [0.15, 0.2) is 5.82 Å². The molecule has 0 bridgehead atoms. The van der Waals surface area contributed by atoms with Gasteiger partial charge in [-0.3, -0.25) is 9.48 Å². The van der Waals surface area contributed by atoms with E-state index in [2.05, 4.69) is 81.7 Å². The maximum atomic E-state index is 14.3. The second-order valence-corrected chi connectivity index (χ2v) is 12.3. The Bertz CT molecular complexity index is 1820. The first-order chi connectivity index (χ1) is 22.5. The molecule has 1 N–H and O–H groups in total. The van der Waals surface area contributed by atoms with Crippen LogP contribution in [0, 0.1) is 0 Å². The summed E-state index contributed by atoms with van der Waals surface area (Å²) < 4.78 is 9.60. The van der Waals surface area contributed by atoms with Crippen molar-refractivity contribution in [3.05, 3.63) is 112 Å². The Labute approximate surface area is 269 Å². The number of hydrogen-bond acceptors (Lipinski definition) is 6. The second kappa shape index (κ2) is 14.1. The highest BCUT2D eigenvalue weighted by Crippen LogP contribution is 2.42. The second-order valence-electron chi connectivity index (χ2n) is 12.3. The molecule has 9 heteroatoms. The fourth-order valence-corrected chi connectivity index (χ4v) is 6.97. The quantitative estimate of drug-likeness (QED) is 0.114. The highest BCUT2D eigenvalue weighted by molar-refractivity contribution is 5.91. The van der Waals surface area contributed by atoms with E-state index in [0.29, 0.717) is 24.4 Å². The Hall–Kier alpha value is -4.79. The lowest BCUT2D eigenvalue weighted by Gasteiger charge is -2.37. The summed E-state index contributed by atoms with van der Waals surface area (Å²) in [6, 6.07) is 24.4. The Morgan fingerprint density at radius 1 is 0.978 bits per heavy atom. The van der Waals surface area contributed by atoms with Crippen LogP contribution in [0.2, 0.25) is 0 Å². The van der Waals surface area contributed by atoms with Gasteiger partial charge >= 0.3 is 5.97 Å². The minimum Gasteiger partial charge on any atom is -0.462 e. The number of aromatic nitrogens is 6. The van der Waals surface area contributed by atoms with Gasteiger partial charge in [0.1, 0.15) is 0 Å². The number of tetrazole rings is 1. The van der Waals surface area contributed by atoms with Crippen molar-refractivity contribution in [2.24, 2.45) is 0 Å². The van der Waals surface area contributed by atoms with Gasteiger partial charge in [-0.15, -0.1) is 5.10 Å². The van der Waals surface area contributed by atoms with Crippen LogP contribution >= 0.6 is 0 Å². The van der Waals surface area contributed by atoms with Gasteiger partial charge in [0.05, 0.1) is 18.2 Å². The molecule has 3 heterocycles. The van der Waals surface area contributed by atoms with Gasteiger partial charge in [0.2, 0.25) is 0 Å². The van der Waals surface area contributed by atoms with Gasteiger partial charge < -0.3 is 4.74 Å². The molecule has 1 aliphatic heterocycles. The predicted molar refractivity (Wildman–Crippen MR) is 179 cm³/mol. The molecule has 46 heavy (non-hydrogen) atoms. The molecule has 5 aromatic rings. The van der Waals surface area contributed by atoms with Gasteiger partial charge in [-0.2, -0.15) is 0 Å². The number of hydrogen-bond donors (Lipinski definition) is 1. The van der Waals surface area contributed by atoms with E-state index in [0.717, 1.165) is 71.9 Å². The smallest absolute Gasteiger partial charge is 0.338 e. The number of nitrogens with zero attached hydrogens (tertiary/aromatic N) is 5. The number of unbranched alkanes of at least 4 members (excludes halogenated alkanes) is 2. The van der Waals surface area contributed by atoms with E-state index in [-0.39, 0.29) is 29.5 Å². The molecule has 1 aliphatic rings. The first-order valence-electron chi connectivity index (χ1n) is 16.5. The molecule has 9 nitrogen and oxygen atoms in total. The first kappa shape index (κ1) is 31.2. The summed E-state index contributed by atoms with van der Waals surface area (Å²) in [6.45, 7) is 6.54. The SMILES string of the molecule is CCCCCC(c1ccccc1C(=O)OCC)C1CCC(C)n2cc(Cc3ccc(-c4ccccc4-c4nnn[nH]4)cc3)c(=O)n21. The lowest BCUT2D eigenvalue weighted by Crippen LogP contribution is -2.37. The van der Waals surface area contributed by atoms with Crippen LogP contribution in [0.25, 0.3) is 22.5 Å². The third-order valence-electron chi connectivity index (χ3n) is 9.29. The van der Waals surface area contributed by atoms with Crippen molar-refractivity contribution in [3.8, 4) is 22.5 Å². The monoisotopic (exact) mass is 618 g/mol. The molecule has 238 valence electrons. The summed E-state index contributed by atoms with van der Waals surface area (Å²) in [5.74, 6) is 0.348. The molecule has 0 saturated carbocycles. The van der Waals surface area contributed by atoms with Gasteiger partial charge in [0, 0.05) is 35.7 Å². The highest BCUT2D eigenvalue weighted by Gasteiger charge is 2.35. The largest absolute Gasteiger partial charge is 0.462 e. The van der Waals surface area contributed by atoms with Crippen LogP contribution in [0.1, 0.15) is 104 Å². The summed E-state index contributed by atoms with van der Waals surface area (Å²) >= 11 is 0. The number of fused-ring (bicyclic) bond motifs is 1. The molecule has 2 aromatic heterocycles. The Morgan fingerprint density at radius 2 is 1.74 bits per heavy atom. The Morgan fingerprint density at radius 3 is 2.48 bits per heavy atom. The van der Waals surface area contributed by atoms with Crippen molar-refractivity contribution in [2.45, 2.75) is 83.7 Å². The van der Waals surface area contributed by atoms with E-state index in [1.165, 1.54) is 0 Å². The van der Waals surface area contributed by atoms with Gasteiger partial charge in [-0.05, 0) is 71.9 Å². The first-order valence-corrected chi connectivity index (χ1v) is 16.5. The molecule has 0 fully saturated rings. The van der Waals surface area contributed by atoms with Crippen molar-refractivity contribution >= 4 is 5.97 Å². The van der Waals surface area contributed by atoms with Crippen LogP contribution in [0.5, 0.6) is 0 Å². The Kier molecular flexibility index (Phi) is 9.57. The molecule has 3 atom stereocenters. The number of esters is 1. The van der Waals surface area contributed by atoms with Crippen LogP contribution in [0.4, 0.5) is 0 Å². The third kappa shape index (κ3) is 6.32. The fraction of sp³-hybridized carbons (Fsp3) is 0.378. The number of carbonyl (C=O) groups is 1. The zero-order valence-electron chi connectivity index (χ0n) is 26.9. The van der Waals surface area contributed by atoms with Crippen molar-refractivity contribution in [2.75, 3.05) is 6.61 Å². The van der Waals surface area contributed by atoms with Gasteiger partial charge in [-0.25, -0.2) is 14.6 Å². The molecule has 3 unspecified atom stereocenters. The number of rotatable bonds is 12. The molecular weight excluding hydrogens is 576 g/mol. The molecule has 0 aliphatic carbocycles. The maximum absolute atomic E-state index is 14.3. The van der Waals surface area contributed by atoms with Crippen molar-refractivity contribution in [3.63, 3.8) is 0 Å². The van der Waals surface area contributed by atoms with Crippen molar-refractivity contribution in [1.82, 2.24) is 30.0 Å².